The molecule has 9 atom stereocenters. The lowest BCUT2D eigenvalue weighted by molar-refractivity contribution is -0.0560. The molecule has 7 rings (SSSR count). The first kappa shape index (κ1) is 29.3. The number of nitrogen functional groups attached to an aromatic ring is 1. The van der Waals surface area contributed by atoms with Gasteiger partial charge in [-0.3, -0.25) is 27.5 Å². The number of aromatic nitrogens is 8. The molecule has 3 aliphatic heterocycles. The average molecular weight is 678 g/mol. The van der Waals surface area contributed by atoms with E-state index in [0.717, 1.165) is 6.33 Å². The molecule has 0 radical (unpaired) electrons. The van der Waals surface area contributed by atoms with Gasteiger partial charge < -0.3 is 29.6 Å². The number of nitrogens with two attached hydrogens (primary N) is 1. The number of alkyl halides is 1. The first-order chi connectivity index (χ1) is 20.5. The number of nitrogens with one attached hydrogen (secondary N) is 1. The van der Waals surface area contributed by atoms with Crippen molar-refractivity contribution < 1.29 is 41.4 Å². The summed E-state index contributed by atoms with van der Waals surface area (Å²) in [6, 6.07) is 0. The lowest BCUT2D eigenvalue weighted by atomic mass is 10.1. The van der Waals surface area contributed by atoms with Crippen LogP contribution < -0.4 is 11.3 Å². The summed E-state index contributed by atoms with van der Waals surface area (Å²) in [6.07, 6.45) is -3.70. The zero-order valence-corrected chi connectivity index (χ0v) is 25.0. The Hall–Kier alpha value is -2.42. The van der Waals surface area contributed by atoms with Gasteiger partial charge in [-0.2, -0.15) is 0 Å². The van der Waals surface area contributed by atoms with E-state index in [0.29, 0.717) is 11.2 Å². The number of nitrogens with zero attached hydrogens (tertiary/aromatic N) is 7. The van der Waals surface area contributed by atoms with Crippen LogP contribution in [0.2, 0.25) is 0 Å². The van der Waals surface area contributed by atoms with Crippen LogP contribution in [-0.2, 0) is 43.9 Å². The normalized spacial score (nSPS) is 37.1. The van der Waals surface area contributed by atoms with Crippen LogP contribution in [0.15, 0.2) is 30.1 Å². The molecule has 230 valence electrons. The van der Waals surface area contributed by atoms with Gasteiger partial charge in [-0.15, -0.1) is 0 Å². The van der Waals surface area contributed by atoms with E-state index >= 15 is 4.39 Å². The fourth-order valence-electron chi connectivity index (χ4n) is 5.16. The van der Waals surface area contributed by atoms with E-state index in [1.807, 2.05) is 0 Å². The Morgan fingerprint density at radius 3 is 2.60 bits per heavy atom. The third-order valence-corrected chi connectivity index (χ3v) is 10.3. The van der Waals surface area contributed by atoms with Crippen LogP contribution in [0.1, 0.15) is 18.9 Å². The second-order valence-electron chi connectivity index (χ2n) is 9.76. The highest BCUT2D eigenvalue weighted by molar-refractivity contribution is 8.44. The van der Waals surface area contributed by atoms with Gasteiger partial charge >= 0.3 is 13.5 Å². The number of aromatic amines is 1. The number of rotatable bonds is 2. The summed E-state index contributed by atoms with van der Waals surface area (Å²) in [5.41, 5.74) is 6.08. The summed E-state index contributed by atoms with van der Waals surface area (Å²) in [5.74, 6) is 0.173. The van der Waals surface area contributed by atoms with E-state index in [1.165, 1.54) is 23.5 Å². The third-order valence-electron chi connectivity index (χ3n) is 7.11. The van der Waals surface area contributed by atoms with E-state index in [9.17, 15) is 14.3 Å². The third kappa shape index (κ3) is 5.42. The van der Waals surface area contributed by atoms with Gasteiger partial charge in [-0.25, -0.2) is 33.9 Å². The van der Waals surface area contributed by atoms with E-state index in [1.54, 1.807) is 4.57 Å². The highest BCUT2D eigenvalue weighted by Crippen LogP contribution is 2.58. The molecule has 7 heterocycles. The van der Waals surface area contributed by atoms with Crippen LogP contribution in [-0.4, -0.2) is 87.7 Å². The molecule has 3 aliphatic rings. The second kappa shape index (κ2) is 10.9. The Balaban J connectivity index is 1.15. The summed E-state index contributed by atoms with van der Waals surface area (Å²) < 4.78 is 66.4. The number of imidazole rings is 2. The van der Waals surface area contributed by atoms with Crippen molar-refractivity contribution in [3.63, 3.8) is 0 Å². The van der Waals surface area contributed by atoms with Gasteiger partial charge in [0.2, 0.25) is 0 Å². The summed E-state index contributed by atoms with van der Waals surface area (Å²) in [7, 11) is 0. The quantitative estimate of drug-likeness (QED) is 0.172. The zero-order valence-electron chi connectivity index (χ0n) is 21.5. The minimum Gasteiger partial charge on any atom is -0.382 e. The van der Waals surface area contributed by atoms with Crippen molar-refractivity contribution in [3.8, 4) is 0 Å². The van der Waals surface area contributed by atoms with Crippen LogP contribution in [0.5, 0.6) is 0 Å². The van der Waals surface area contributed by atoms with Gasteiger partial charge in [0.05, 0.1) is 32.2 Å². The molecule has 2 unspecified atom stereocenters. The number of H-pyrrole nitrogens is 1. The highest BCUT2D eigenvalue weighted by atomic mass is 32.7. The molecule has 0 amide bonds. The van der Waals surface area contributed by atoms with Crippen LogP contribution >= 0.6 is 25.8 Å². The van der Waals surface area contributed by atoms with Gasteiger partial charge in [0.25, 0.3) is 5.56 Å². The van der Waals surface area contributed by atoms with Crippen molar-refractivity contribution in [1.29, 1.82) is 0 Å². The van der Waals surface area contributed by atoms with Crippen LogP contribution in [0, 0.1) is 0 Å². The lowest BCUT2D eigenvalue weighted by Crippen LogP contribution is -2.35. The van der Waals surface area contributed by atoms with E-state index in [-0.39, 0.29) is 30.0 Å². The standard InChI is InChI=1S/C20H22FN9O9P2S2/c21-12-15-10(37-20(12)30-7-28-14-18(30)25-5-26-19(14)31)3-35-40(32,42)38-8-1-11(36-9(8)2-34-41(33,43)39-15)29-6-27-13-16(22)23-4-24-17(13)29/h4-12,15,20H,1-3H2,(H,32,42)(H,33,43)(H2,22,23,24)(H,25,26,31)/t8-,9+,10+,11+,12+,15+,20+,40?,41?/m0/s1. The minimum absolute atomic E-state index is 0.0388. The van der Waals surface area contributed by atoms with Gasteiger partial charge in [0, 0.05) is 6.42 Å². The molecular weight excluding hydrogens is 655 g/mol. The fourth-order valence-corrected chi connectivity index (χ4v) is 8.12. The number of thiol groups is 1. The Morgan fingerprint density at radius 1 is 1.02 bits per heavy atom. The minimum atomic E-state index is -4.13. The zero-order chi connectivity index (χ0) is 30.1. The van der Waals surface area contributed by atoms with Gasteiger partial charge in [-0.05, 0) is 11.8 Å². The summed E-state index contributed by atoms with van der Waals surface area (Å²) >= 11 is 9.30. The molecule has 0 saturated carbocycles. The van der Waals surface area contributed by atoms with Crippen molar-refractivity contribution in [2.24, 2.45) is 0 Å². The van der Waals surface area contributed by atoms with E-state index in [4.69, 9.17) is 45.1 Å². The average Bonchev–Trinajstić information content (AvgIpc) is 3.72. The first-order valence-corrected chi connectivity index (χ1v) is 17.9. The van der Waals surface area contributed by atoms with Gasteiger partial charge in [-0.1, -0.05) is 12.2 Å². The molecule has 0 aromatic carbocycles. The maximum absolute atomic E-state index is 15.9. The number of ether oxygens (including phenoxy) is 2. The van der Waals surface area contributed by atoms with Crippen LogP contribution in [0.3, 0.4) is 0 Å². The van der Waals surface area contributed by atoms with E-state index < -0.39 is 68.7 Å². The molecule has 43 heavy (non-hydrogen) atoms. The Labute approximate surface area is 250 Å². The molecule has 18 nitrogen and oxygen atoms in total. The maximum Gasteiger partial charge on any atom is 0.386 e. The monoisotopic (exact) mass is 677 g/mol. The number of hydrogen-bond donors (Lipinski definition) is 4. The molecule has 3 fully saturated rings. The van der Waals surface area contributed by atoms with Gasteiger partial charge in [0.1, 0.15) is 42.5 Å². The Bertz CT molecular complexity index is 1860. The number of anilines is 1. The predicted molar refractivity (Wildman–Crippen MR) is 150 cm³/mol. The fraction of sp³-hybridized carbons (Fsp3) is 0.500. The summed E-state index contributed by atoms with van der Waals surface area (Å²) in [5, 5.41) is 0. The molecule has 0 aliphatic carbocycles. The van der Waals surface area contributed by atoms with Crippen LogP contribution in [0.25, 0.3) is 22.3 Å². The van der Waals surface area contributed by atoms with Crippen LogP contribution in [0.4, 0.5) is 10.2 Å². The highest BCUT2D eigenvalue weighted by Gasteiger charge is 2.51. The first-order valence-electron chi connectivity index (χ1n) is 12.6. The molecule has 0 bridgehead atoms. The number of fused-ring (bicyclic) bond motifs is 4. The van der Waals surface area contributed by atoms with Crippen molar-refractivity contribution in [2.75, 3.05) is 18.9 Å². The predicted octanol–water partition coefficient (Wildman–Crippen LogP) is 1.14. The maximum atomic E-state index is 15.9. The lowest BCUT2D eigenvalue weighted by Gasteiger charge is -2.28. The summed E-state index contributed by atoms with van der Waals surface area (Å²) in [4.78, 5) is 45.8. The topological polar surface area (TPSA) is 226 Å². The SMILES string of the molecule is Nc1ncnc2c1ncn2[C@H]1C[C@@H]2OP(=O)(S)OC[C@H]3O[C@@H](n4cnc5c(=O)[nH]cnc54)[C@H](F)[C@@H]3OP(O)(=S)OC[C@H]2O1. The number of halogens is 1. The molecule has 4 N–H and O–H groups in total. The Morgan fingerprint density at radius 2 is 1.77 bits per heavy atom. The van der Waals surface area contributed by atoms with Gasteiger partial charge in [0.15, 0.2) is 35.0 Å². The number of hydrogen-bond acceptors (Lipinski definition) is 15. The Kier molecular flexibility index (Phi) is 7.41. The molecule has 4 aromatic heterocycles. The summed E-state index contributed by atoms with van der Waals surface area (Å²) in [6.45, 7) is -9.17. The molecule has 0 spiro atoms. The second-order valence-corrected chi connectivity index (χ2v) is 15.4. The van der Waals surface area contributed by atoms with E-state index in [2.05, 4.69) is 42.2 Å². The van der Waals surface area contributed by atoms with Crippen molar-refractivity contribution in [3.05, 3.63) is 35.7 Å². The van der Waals surface area contributed by atoms with Crippen molar-refractivity contribution in [2.45, 2.75) is 49.5 Å². The van der Waals surface area contributed by atoms with Crippen molar-refractivity contribution >= 4 is 65.7 Å². The molecule has 4 aromatic rings. The molecular formula is C20H22FN9O9P2S2. The smallest absolute Gasteiger partial charge is 0.382 e. The molecule has 23 heteroatoms. The molecule has 3 saturated heterocycles. The van der Waals surface area contributed by atoms with Crippen molar-refractivity contribution in [1.82, 2.24) is 39.0 Å². The largest absolute Gasteiger partial charge is 0.386 e.